The molecular formula is C12H14N2O2. The van der Waals surface area contributed by atoms with Gasteiger partial charge in [0.1, 0.15) is 11.5 Å². The van der Waals surface area contributed by atoms with Crippen LogP contribution in [0, 0.1) is 0 Å². The Bertz CT molecular complexity index is 399. The van der Waals surface area contributed by atoms with E-state index in [0.717, 1.165) is 0 Å². The van der Waals surface area contributed by atoms with Crippen LogP contribution in [0.15, 0.2) is 48.5 Å². The Kier molecular flexibility index (Phi) is 4.03. The molecule has 6 N–H and O–H groups in total. The molecule has 0 radical (unpaired) electrons. The zero-order valence-corrected chi connectivity index (χ0v) is 8.67. The van der Waals surface area contributed by atoms with Crippen molar-refractivity contribution in [1.82, 2.24) is 0 Å². The van der Waals surface area contributed by atoms with Gasteiger partial charge in [-0.1, -0.05) is 12.1 Å². The standard InChI is InChI=1S/2C6H7NO/c7-5-1-3-6(8)4-2-5;7-5-3-1-2-4-6(5)8/h2*1-4,8H,7H2. The van der Waals surface area contributed by atoms with Crippen LogP contribution in [0.4, 0.5) is 11.4 Å². The highest BCUT2D eigenvalue weighted by molar-refractivity contribution is 5.50. The van der Waals surface area contributed by atoms with Crippen molar-refractivity contribution in [2.24, 2.45) is 0 Å². The molecule has 84 valence electrons. The van der Waals surface area contributed by atoms with Crippen LogP contribution in [0.5, 0.6) is 11.5 Å². The van der Waals surface area contributed by atoms with E-state index in [4.69, 9.17) is 21.7 Å². The normalized spacial score (nSPS) is 9.00. The van der Waals surface area contributed by atoms with Crippen LogP contribution in [0.25, 0.3) is 0 Å². The van der Waals surface area contributed by atoms with Gasteiger partial charge < -0.3 is 21.7 Å². The summed E-state index contributed by atoms with van der Waals surface area (Å²) in [5.74, 6) is 0.395. The van der Waals surface area contributed by atoms with Crippen molar-refractivity contribution in [2.45, 2.75) is 0 Å². The maximum Gasteiger partial charge on any atom is 0.138 e. The first-order chi connectivity index (χ1) is 7.59. The number of phenols is 2. The number of para-hydroxylation sites is 2. The molecule has 0 bridgehead atoms. The predicted molar refractivity (Wildman–Crippen MR) is 65.0 cm³/mol. The van der Waals surface area contributed by atoms with E-state index in [9.17, 15) is 0 Å². The maximum atomic E-state index is 8.79. The molecule has 0 fully saturated rings. The largest absolute Gasteiger partial charge is 0.508 e. The summed E-state index contributed by atoms with van der Waals surface area (Å²) in [6.07, 6.45) is 0. The van der Waals surface area contributed by atoms with E-state index >= 15 is 0 Å². The lowest BCUT2D eigenvalue weighted by molar-refractivity contribution is 0.475. The van der Waals surface area contributed by atoms with Crippen molar-refractivity contribution >= 4 is 11.4 Å². The average molecular weight is 218 g/mol. The van der Waals surface area contributed by atoms with Crippen LogP contribution in [0.3, 0.4) is 0 Å². The lowest BCUT2D eigenvalue weighted by atomic mass is 10.3. The molecule has 2 aromatic rings. The van der Waals surface area contributed by atoms with Gasteiger partial charge >= 0.3 is 0 Å². The zero-order chi connectivity index (χ0) is 12.0. The van der Waals surface area contributed by atoms with Crippen LogP contribution < -0.4 is 11.5 Å². The fourth-order valence-electron chi connectivity index (χ4n) is 0.962. The van der Waals surface area contributed by atoms with E-state index in [1.165, 1.54) is 0 Å². The summed E-state index contributed by atoms with van der Waals surface area (Å²) in [6, 6.07) is 13.1. The highest BCUT2D eigenvalue weighted by atomic mass is 16.3. The molecule has 16 heavy (non-hydrogen) atoms. The van der Waals surface area contributed by atoms with Crippen LogP contribution in [-0.2, 0) is 0 Å². The van der Waals surface area contributed by atoms with E-state index in [2.05, 4.69) is 0 Å². The Morgan fingerprint density at radius 2 is 1.31 bits per heavy atom. The first-order valence-corrected chi connectivity index (χ1v) is 4.67. The number of nitrogen functional groups attached to an aromatic ring is 2. The Balaban J connectivity index is 0.000000160. The van der Waals surface area contributed by atoms with Crippen LogP contribution >= 0.6 is 0 Å². The van der Waals surface area contributed by atoms with Crippen molar-refractivity contribution < 1.29 is 10.2 Å². The summed E-state index contributed by atoms with van der Waals surface area (Å²) in [5.41, 5.74) is 11.7. The SMILES string of the molecule is Nc1ccc(O)cc1.Nc1ccccc1O. The molecule has 0 atom stereocenters. The minimum atomic E-state index is 0.146. The number of hydrogen-bond donors (Lipinski definition) is 4. The van der Waals surface area contributed by atoms with Gasteiger partial charge in [0, 0.05) is 5.69 Å². The molecule has 4 nitrogen and oxygen atoms in total. The van der Waals surface area contributed by atoms with Crippen molar-refractivity contribution in [2.75, 3.05) is 11.5 Å². The summed E-state index contributed by atoms with van der Waals surface area (Å²) >= 11 is 0. The molecule has 0 aliphatic heterocycles. The number of phenolic OH excluding ortho intramolecular Hbond substituents is 2. The van der Waals surface area contributed by atoms with Crippen molar-refractivity contribution in [1.29, 1.82) is 0 Å². The summed E-state index contributed by atoms with van der Waals surface area (Å²) in [5, 5.41) is 17.5. The first-order valence-electron chi connectivity index (χ1n) is 4.67. The van der Waals surface area contributed by atoms with E-state index in [-0.39, 0.29) is 11.5 Å². The minimum absolute atomic E-state index is 0.146. The lowest BCUT2D eigenvalue weighted by Gasteiger charge is -1.92. The fourth-order valence-corrected chi connectivity index (χ4v) is 0.962. The number of aromatic hydroxyl groups is 2. The Hall–Kier alpha value is -2.36. The quantitative estimate of drug-likeness (QED) is 0.309. The van der Waals surface area contributed by atoms with Gasteiger partial charge in [-0.2, -0.15) is 0 Å². The van der Waals surface area contributed by atoms with Crippen molar-refractivity contribution in [3.05, 3.63) is 48.5 Å². The van der Waals surface area contributed by atoms with Gasteiger partial charge in [-0.25, -0.2) is 0 Å². The van der Waals surface area contributed by atoms with Crippen molar-refractivity contribution in [3.8, 4) is 11.5 Å². The molecule has 4 heteroatoms. The number of nitrogens with two attached hydrogens (primary N) is 2. The second-order valence-corrected chi connectivity index (χ2v) is 3.15. The molecule has 2 rings (SSSR count). The molecule has 0 aliphatic carbocycles. The van der Waals surface area contributed by atoms with E-state index in [1.54, 1.807) is 48.5 Å². The molecule has 0 spiro atoms. The fraction of sp³-hybridized carbons (Fsp3) is 0. The molecule has 0 saturated carbocycles. The summed E-state index contributed by atoms with van der Waals surface area (Å²) < 4.78 is 0. The smallest absolute Gasteiger partial charge is 0.138 e. The number of benzene rings is 2. The average Bonchev–Trinajstić information content (AvgIpc) is 2.28. The summed E-state index contributed by atoms with van der Waals surface area (Å²) in [7, 11) is 0. The molecule has 0 heterocycles. The van der Waals surface area contributed by atoms with Crippen molar-refractivity contribution in [3.63, 3.8) is 0 Å². The predicted octanol–water partition coefficient (Wildman–Crippen LogP) is 1.95. The monoisotopic (exact) mass is 218 g/mol. The molecule has 0 unspecified atom stereocenters. The molecule has 0 aliphatic rings. The number of hydrogen-bond acceptors (Lipinski definition) is 4. The zero-order valence-electron chi connectivity index (χ0n) is 8.67. The van der Waals surface area contributed by atoms with Gasteiger partial charge in [0.25, 0.3) is 0 Å². The van der Waals surface area contributed by atoms with Gasteiger partial charge in [-0.05, 0) is 36.4 Å². The van der Waals surface area contributed by atoms with Crippen LogP contribution in [0.1, 0.15) is 0 Å². The van der Waals surface area contributed by atoms with Gasteiger partial charge in [0.2, 0.25) is 0 Å². The number of anilines is 2. The summed E-state index contributed by atoms with van der Waals surface area (Å²) in [4.78, 5) is 0. The Labute approximate surface area is 93.8 Å². The molecule has 2 aromatic carbocycles. The Morgan fingerprint density at radius 3 is 1.69 bits per heavy atom. The van der Waals surface area contributed by atoms with E-state index in [0.29, 0.717) is 11.4 Å². The summed E-state index contributed by atoms with van der Waals surface area (Å²) in [6.45, 7) is 0. The van der Waals surface area contributed by atoms with E-state index in [1.807, 2.05) is 0 Å². The van der Waals surface area contributed by atoms with Crippen LogP contribution in [0.2, 0.25) is 0 Å². The van der Waals surface area contributed by atoms with Crippen LogP contribution in [-0.4, -0.2) is 10.2 Å². The van der Waals surface area contributed by atoms with Gasteiger partial charge in [-0.15, -0.1) is 0 Å². The second kappa shape index (κ2) is 5.50. The van der Waals surface area contributed by atoms with Gasteiger partial charge in [-0.3, -0.25) is 0 Å². The third kappa shape index (κ3) is 3.79. The lowest BCUT2D eigenvalue weighted by Crippen LogP contribution is -1.82. The molecule has 0 saturated heterocycles. The topological polar surface area (TPSA) is 92.5 Å². The second-order valence-electron chi connectivity index (χ2n) is 3.15. The highest BCUT2D eigenvalue weighted by Crippen LogP contribution is 2.16. The molecule has 0 aromatic heterocycles. The number of rotatable bonds is 0. The van der Waals surface area contributed by atoms with Gasteiger partial charge in [0.05, 0.1) is 5.69 Å². The first kappa shape index (κ1) is 11.7. The molecule has 0 amide bonds. The third-order valence-corrected chi connectivity index (χ3v) is 1.83. The third-order valence-electron chi connectivity index (χ3n) is 1.83. The van der Waals surface area contributed by atoms with E-state index < -0.39 is 0 Å². The molecular weight excluding hydrogens is 204 g/mol. The highest BCUT2D eigenvalue weighted by Gasteiger charge is 1.87. The Morgan fingerprint density at radius 1 is 0.750 bits per heavy atom. The maximum absolute atomic E-state index is 8.79. The van der Waals surface area contributed by atoms with Gasteiger partial charge in [0.15, 0.2) is 0 Å². The minimum Gasteiger partial charge on any atom is -0.508 e.